The SMILES string of the molecule is COc1cc(N(C=S)c2ncc(F)c(Nc3ccc4c(n3)NC(=O)C(C)(C)O4)n2)cc(OC)c1OC. The molecule has 4 rings (SSSR count). The van der Waals surface area contributed by atoms with Crippen molar-refractivity contribution in [1.29, 1.82) is 0 Å². The van der Waals surface area contributed by atoms with Gasteiger partial charge in [0, 0.05) is 12.1 Å². The van der Waals surface area contributed by atoms with Gasteiger partial charge in [0.25, 0.3) is 5.91 Å². The maximum absolute atomic E-state index is 14.6. The summed E-state index contributed by atoms with van der Waals surface area (Å²) < 4.78 is 36.5. The summed E-state index contributed by atoms with van der Waals surface area (Å²) in [4.78, 5) is 26.3. The minimum Gasteiger partial charge on any atom is -0.493 e. The minimum atomic E-state index is -1.03. The summed E-state index contributed by atoms with van der Waals surface area (Å²) in [6.45, 7) is 3.29. The Morgan fingerprint density at radius 3 is 2.44 bits per heavy atom. The van der Waals surface area contributed by atoms with Gasteiger partial charge in [-0.05, 0) is 26.0 Å². The predicted molar refractivity (Wildman–Crippen MR) is 135 cm³/mol. The van der Waals surface area contributed by atoms with Crippen molar-refractivity contribution in [2.24, 2.45) is 0 Å². The van der Waals surface area contributed by atoms with Crippen LogP contribution in [0, 0.1) is 5.82 Å². The molecule has 0 saturated carbocycles. The quantitative estimate of drug-likeness (QED) is 0.425. The van der Waals surface area contributed by atoms with Gasteiger partial charge in [0.05, 0.1) is 38.7 Å². The first-order chi connectivity index (χ1) is 17.2. The Kier molecular flexibility index (Phi) is 6.75. The Hall–Kier alpha value is -4.26. The van der Waals surface area contributed by atoms with Gasteiger partial charge in [0.15, 0.2) is 40.3 Å². The van der Waals surface area contributed by atoms with Crippen LogP contribution in [0.2, 0.25) is 0 Å². The maximum Gasteiger partial charge on any atom is 0.269 e. The third-order valence-corrected chi connectivity index (χ3v) is 5.44. The Balaban J connectivity index is 1.67. The largest absolute Gasteiger partial charge is 0.493 e. The van der Waals surface area contributed by atoms with Crippen molar-refractivity contribution in [3.63, 3.8) is 0 Å². The van der Waals surface area contributed by atoms with Gasteiger partial charge in [-0.15, -0.1) is 0 Å². The lowest BCUT2D eigenvalue weighted by Gasteiger charge is -2.30. The molecule has 2 N–H and O–H groups in total. The van der Waals surface area contributed by atoms with E-state index < -0.39 is 11.4 Å². The summed E-state index contributed by atoms with van der Waals surface area (Å²) in [5.74, 6) is 0.826. The highest BCUT2D eigenvalue weighted by Crippen LogP contribution is 2.42. The topological polar surface area (TPSA) is 120 Å². The highest BCUT2D eigenvalue weighted by atomic mass is 32.1. The molecule has 0 bridgehead atoms. The number of halogens is 1. The first-order valence-corrected chi connectivity index (χ1v) is 11.0. The number of nitrogens with one attached hydrogen (secondary N) is 2. The van der Waals surface area contributed by atoms with E-state index in [1.165, 1.54) is 31.7 Å². The van der Waals surface area contributed by atoms with Crippen molar-refractivity contribution in [1.82, 2.24) is 15.0 Å². The van der Waals surface area contributed by atoms with Crippen LogP contribution in [0.3, 0.4) is 0 Å². The van der Waals surface area contributed by atoms with Crippen molar-refractivity contribution in [3.05, 3.63) is 36.3 Å². The number of methoxy groups -OCH3 is 3. The Morgan fingerprint density at radius 2 is 1.83 bits per heavy atom. The van der Waals surface area contributed by atoms with E-state index in [2.05, 4.69) is 25.6 Å². The number of thiocarbonyl (C=S) groups is 1. The average molecular weight is 515 g/mol. The minimum absolute atomic E-state index is 0.0690. The second-order valence-electron chi connectivity index (χ2n) is 7.96. The molecule has 3 heterocycles. The van der Waals surface area contributed by atoms with Crippen molar-refractivity contribution in [3.8, 4) is 23.0 Å². The zero-order chi connectivity index (χ0) is 26.0. The van der Waals surface area contributed by atoms with Crippen LogP contribution in [0.4, 0.5) is 33.5 Å². The molecule has 0 unspecified atom stereocenters. The molecule has 0 spiro atoms. The van der Waals surface area contributed by atoms with E-state index in [-0.39, 0.29) is 29.3 Å². The van der Waals surface area contributed by atoms with Gasteiger partial charge in [0.2, 0.25) is 11.7 Å². The summed E-state index contributed by atoms with van der Waals surface area (Å²) in [5, 5.41) is 5.48. The number of hydrogen-bond donors (Lipinski definition) is 2. The monoisotopic (exact) mass is 514 g/mol. The van der Waals surface area contributed by atoms with Crippen LogP contribution in [0.25, 0.3) is 0 Å². The molecule has 0 aliphatic carbocycles. The number of benzene rings is 1. The molecule has 3 aromatic rings. The van der Waals surface area contributed by atoms with Gasteiger partial charge in [-0.2, -0.15) is 4.98 Å². The molecule has 2 aromatic heterocycles. The lowest BCUT2D eigenvalue weighted by atomic mass is 10.1. The molecular formula is C23H23FN6O5S. The molecule has 0 saturated heterocycles. The van der Waals surface area contributed by atoms with Gasteiger partial charge in [-0.3, -0.25) is 9.69 Å². The number of fused-ring (bicyclic) bond motifs is 1. The summed E-state index contributed by atoms with van der Waals surface area (Å²) in [7, 11) is 4.46. The van der Waals surface area contributed by atoms with E-state index in [4.69, 9.17) is 31.2 Å². The number of pyridine rings is 1. The van der Waals surface area contributed by atoms with Gasteiger partial charge in [0.1, 0.15) is 5.82 Å². The van der Waals surface area contributed by atoms with Gasteiger partial charge < -0.3 is 29.6 Å². The number of hydrogen-bond acceptors (Lipinski definition) is 10. The summed E-state index contributed by atoms with van der Waals surface area (Å²) in [5.41, 5.74) is 0.754. The molecule has 1 aliphatic heterocycles. The van der Waals surface area contributed by atoms with Crippen molar-refractivity contribution in [2.45, 2.75) is 19.4 Å². The summed E-state index contributed by atoms with van der Waals surface area (Å²) >= 11 is 5.19. The zero-order valence-electron chi connectivity index (χ0n) is 20.1. The molecule has 188 valence electrons. The second-order valence-corrected chi connectivity index (χ2v) is 8.17. The number of carbonyl (C=O) groups is 1. The fourth-order valence-corrected chi connectivity index (χ4v) is 3.60. The summed E-state index contributed by atoms with van der Waals surface area (Å²) in [6.07, 6.45) is 1.00. The van der Waals surface area contributed by atoms with Crippen LogP contribution < -0.4 is 34.5 Å². The average Bonchev–Trinajstić information content (AvgIpc) is 2.86. The van der Waals surface area contributed by atoms with Gasteiger partial charge >= 0.3 is 0 Å². The van der Waals surface area contributed by atoms with Crippen molar-refractivity contribution in [2.75, 3.05) is 36.9 Å². The molecule has 13 heteroatoms. The van der Waals surface area contributed by atoms with Crippen LogP contribution in [-0.4, -0.2) is 53.3 Å². The number of amides is 1. The molecule has 1 amide bonds. The normalized spacial score (nSPS) is 13.6. The second kappa shape index (κ2) is 9.77. The van der Waals surface area contributed by atoms with Crippen LogP contribution >= 0.6 is 12.2 Å². The highest BCUT2D eigenvalue weighted by Gasteiger charge is 2.36. The van der Waals surface area contributed by atoms with Crippen LogP contribution in [0.1, 0.15) is 13.8 Å². The Labute approximate surface area is 211 Å². The number of rotatable bonds is 8. The van der Waals surface area contributed by atoms with E-state index in [9.17, 15) is 9.18 Å². The van der Waals surface area contributed by atoms with E-state index in [1.54, 1.807) is 38.1 Å². The molecule has 36 heavy (non-hydrogen) atoms. The van der Waals surface area contributed by atoms with Crippen molar-refractivity contribution < 1.29 is 28.1 Å². The molecule has 1 aromatic carbocycles. The van der Waals surface area contributed by atoms with E-state index in [0.717, 1.165) is 6.20 Å². The van der Waals surface area contributed by atoms with Crippen LogP contribution in [0.15, 0.2) is 30.5 Å². The first-order valence-electron chi connectivity index (χ1n) is 10.6. The number of carbonyl (C=O) groups excluding carboxylic acids is 1. The standard InChI is InChI=1S/C23H23FN6O5S/c1-23(2)21(31)28-20-14(35-23)6-7-17(27-20)26-19-13(24)10-25-22(29-19)30(11-36)12-8-15(32-3)18(34-5)16(9-12)33-4/h6-11H,1-5H3,(H2,25,26,27,28,29,31). The van der Waals surface area contributed by atoms with Gasteiger partial charge in [-0.1, -0.05) is 12.2 Å². The zero-order valence-corrected chi connectivity index (χ0v) is 20.9. The Morgan fingerprint density at radius 1 is 1.14 bits per heavy atom. The molecule has 0 radical (unpaired) electrons. The number of aromatic nitrogens is 3. The predicted octanol–water partition coefficient (Wildman–Crippen LogP) is 3.98. The number of ether oxygens (including phenoxy) is 4. The van der Waals surface area contributed by atoms with Crippen LogP contribution in [0.5, 0.6) is 23.0 Å². The fraction of sp³-hybridized carbons (Fsp3) is 0.261. The Bertz CT molecular complexity index is 1310. The van der Waals surface area contributed by atoms with E-state index in [0.29, 0.717) is 28.7 Å². The fourth-order valence-electron chi connectivity index (χ4n) is 3.38. The summed E-state index contributed by atoms with van der Waals surface area (Å²) in [6, 6.07) is 6.49. The molecule has 11 nitrogen and oxygen atoms in total. The number of anilines is 5. The van der Waals surface area contributed by atoms with Crippen LogP contribution in [-0.2, 0) is 4.79 Å². The van der Waals surface area contributed by atoms with Gasteiger partial charge in [-0.25, -0.2) is 14.4 Å². The molecular weight excluding hydrogens is 491 g/mol. The van der Waals surface area contributed by atoms with Crippen molar-refractivity contribution >= 4 is 52.7 Å². The third-order valence-electron chi connectivity index (χ3n) is 5.23. The molecule has 0 fully saturated rings. The maximum atomic E-state index is 14.6. The number of nitrogens with zero attached hydrogens (tertiary/aromatic N) is 4. The first kappa shape index (κ1) is 24.9. The molecule has 1 aliphatic rings. The third kappa shape index (κ3) is 4.64. The molecule has 0 atom stereocenters. The highest BCUT2D eigenvalue weighted by molar-refractivity contribution is 7.79. The lowest BCUT2D eigenvalue weighted by molar-refractivity contribution is -0.129. The smallest absolute Gasteiger partial charge is 0.269 e. The van der Waals surface area contributed by atoms with E-state index >= 15 is 0 Å². The lowest BCUT2D eigenvalue weighted by Crippen LogP contribution is -2.46. The van der Waals surface area contributed by atoms with E-state index in [1.807, 2.05) is 0 Å².